The molecule has 1 saturated heterocycles. The van der Waals surface area contributed by atoms with Gasteiger partial charge in [0.2, 0.25) is 0 Å². The highest BCUT2D eigenvalue weighted by Gasteiger charge is 2.15. The molecule has 1 fully saturated rings. The lowest BCUT2D eigenvalue weighted by Crippen LogP contribution is -2.28. The van der Waals surface area contributed by atoms with E-state index in [4.69, 9.17) is 0 Å². The molecule has 4 heterocycles. The maximum atomic E-state index is 14.6. The zero-order valence-electron chi connectivity index (χ0n) is 22.4. The van der Waals surface area contributed by atoms with Crippen LogP contribution in [-0.2, 0) is 0 Å². The third kappa shape index (κ3) is 5.71. The number of allylic oxidation sites excluding steroid dienone is 2. The number of halogens is 1. The molecule has 0 spiro atoms. The van der Waals surface area contributed by atoms with Gasteiger partial charge in [-0.25, -0.2) is 4.39 Å². The number of hydrogen-bond donors (Lipinski definition) is 4. The summed E-state index contributed by atoms with van der Waals surface area (Å²) >= 11 is 0. The van der Waals surface area contributed by atoms with Gasteiger partial charge in [0, 0.05) is 41.1 Å². The fraction of sp³-hybridized carbons (Fsp3) is 0.333. The predicted octanol–water partition coefficient (Wildman–Crippen LogP) is 3.87. The van der Waals surface area contributed by atoms with Gasteiger partial charge in [0.15, 0.2) is 0 Å². The van der Waals surface area contributed by atoms with Crippen molar-refractivity contribution in [3.8, 4) is 22.5 Å². The van der Waals surface area contributed by atoms with Crippen molar-refractivity contribution < 1.29 is 4.39 Å². The van der Waals surface area contributed by atoms with Crippen LogP contribution in [0.5, 0.6) is 0 Å². The molecule has 1 aliphatic heterocycles. The van der Waals surface area contributed by atoms with Crippen LogP contribution in [0.3, 0.4) is 0 Å². The molecule has 0 saturated carbocycles. The van der Waals surface area contributed by atoms with Crippen molar-refractivity contribution >= 4 is 29.2 Å². The van der Waals surface area contributed by atoms with Gasteiger partial charge in [-0.2, -0.15) is 5.10 Å². The number of fused-ring (bicyclic) bond motifs is 1. The summed E-state index contributed by atoms with van der Waals surface area (Å²) < 4.78 is 14.6. The molecule has 0 unspecified atom stereocenters. The standard InChI is InChI=1S/C30H36FN7/c1-19(21-7-9-32-10-8-21)5-6-27-20(2)30(37-36-27)28-16-25-26(17-33-18-29(25)35-28)22-13-23(31)15-24(14-22)34-11-12-38(3)4/h5-6,13-18,21,32,34-36H,2,7-12H2,1,3-4H3/b19-5+,27-6+. The van der Waals surface area contributed by atoms with Gasteiger partial charge in [-0.3, -0.25) is 10.1 Å². The highest BCUT2D eigenvalue weighted by molar-refractivity contribution is 5.97. The summed E-state index contributed by atoms with van der Waals surface area (Å²) in [5.74, 6) is 0.331. The highest BCUT2D eigenvalue weighted by atomic mass is 19.1. The van der Waals surface area contributed by atoms with Gasteiger partial charge in [0.05, 0.1) is 22.8 Å². The zero-order chi connectivity index (χ0) is 26.6. The van der Waals surface area contributed by atoms with Crippen LogP contribution < -0.4 is 21.2 Å². The monoisotopic (exact) mass is 513 g/mol. The van der Waals surface area contributed by atoms with Gasteiger partial charge in [-0.15, -0.1) is 0 Å². The fourth-order valence-electron chi connectivity index (χ4n) is 5.05. The summed E-state index contributed by atoms with van der Waals surface area (Å²) in [7, 11) is 4.03. The van der Waals surface area contributed by atoms with E-state index in [0.717, 1.165) is 75.9 Å². The Morgan fingerprint density at radius 1 is 1.18 bits per heavy atom. The number of nitrogens with zero attached hydrogens (tertiary/aromatic N) is 3. The number of H-pyrrole nitrogens is 2. The molecule has 8 heteroatoms. The van der Waals surface area contributed by atoms with E-state index in [-0.39, 0.29) is 5.82 Å². The van der Waals surface area contributed by atoms with Crippen LogP contribution in [0.1, 0.15) is 19.8 Å². The Balaban J connectivity index is 1.45. The van der Waals surface area contributed by atoms with Gasteiger partial charge >= 0.3 is 0 Å². The van der Waals surface area contributed by atoms with E-state index in [2.05, 4.69) is 61.4 Å². The van der Waals surface area contributed by atoms with Crippen LogP contribution in [0.25, 0.3) is 46.1 Å². The normalized spacial score (nSPS) is 15.6. The van der Waals surface area contributed by atoms with E-state index >= 15 is 0 Å². The van der Waals surface area contributed by atoms with Crippen LogP contribution in [-0.4, -0.2) is 65.3 Å². The largest absolute Gasteiger partial charge is 0.384 e. The summed E-state index contributed by atoms with van der Waals surface area (Å²) in [4.78, 5) is 9.93. The van der Waals surface area contributed by atoms with Crippen molar-refractivity contribution in [2.45, 2.75) is 19.8 Å². The zero-order valence-corrected chi connectivity index (χ0v) is 22.4. The molecule has 1 aromatic carbocycles. The second kappa shape index (κ2) is 11.3. The number of hydrogen-bond acceptors (Lipinski definition) is 5. The average Bonchev–Trinajstić information content (AvgIpc) is 3.50. The number of nitrogens with one attached hydrogen (secondary N) is 4. The molecule has 0 bridgehead atoms. The quantitative estimate of drug-likeness (QED) is 0.288. The highest BCUT2D eigenvalue weighted by Crippen LogP contribution is 2.32. The topological polar surface area (TPSA) is 84.7 Å². The third-order valence-corrected chi connectivity index (χ3v) is 7.29. The van der Waals surface area contributed by atoms with E-state index in [9.17, 15) is 4.39 Å². The number of aromatic nitrogens is 4. The fourth-order valence-corrected chi connectivity index (χ4v) is 5.05. The van der Waals surface area contributed by atoms with Crippen molar-refractivity contribution in [3.05, 3.63) is 64.7 Å². The van der Waals surface area contributed by atoms with Gasteiger partial charge in [-0.05, 0) is 88.8 Å². The molecule has 0 atom stereocenters. The van der Waals surface area contributed by atoms with Crippen LogP contribution in [0, 0.1) is 11.7 Å². The first-order valence-corrected chi connectivity index (χ1v) is 13.2. The first-order valence-electron chi connectivity index (χ1n) is 13.2. The van der Waals surface area contributed by atoms with Crippen LogP contribution in [0.4, 0.5) is 10.1 Å². The minimum Gasteiger partial charge on any atom is -0.384 e. The summed E-state index contributed by atoms with van der Waals surface area (Å²) in [5.41, 5.74) is 6.22. The molecule has 4 aromatic rings. The molecule has 38 heavy (non-hydrogen) atoms. The Kier molecular flexibility index (Phi) is 7.72. The first kappa shape index (κ1) is 25.9. The summed E-state index contributed by atoms with van der Waals surface area (Å²) in [6.07, 6.45) is 10.2. The number of anilines is 1. The molecule has 0 aliphatic carbocycles. The minimum absolute atomic E-state index is 0.289. The number of piperidine rings is 1. The molecule has 0 amide bonds. The summed E-state index contributed by atoms with van der Waals surface area (Å²) in [6.45, 7) is 10.2. The van der Waals surface area contributed by atoms with Crippen molar-refractivity contribution in [1.82, 2.24) is 30.4 Å². The second-order valence-electron chi connectivity index (χ2n) is 10.4. The Morgan fingerprint density at radius 3 is 2.79 bits per heavy atom. The van der Waals surface area contributed by atoms with Crippen molar-refractivity contribution in [1.29, 1.82) is 0 Å². The van der Waals surface area contributed by atoms with Crippen LogP contribution in [0.15, 0.2) is 48.3 Å². The molecular formula is C30H36FN7. The predicted molar refractivity (Wildman–Crippen MR) is 155 cm³/mol. The van der Waals surface area contributed by atoms with E-state index in [0.29, 0.717) is 5.92 Å². The smallest absolute Gasteiger partial charge is 0.125 e. The summed E-state index contributed by atoms with van der Waals surface area (Å²) in [6, 6.07) is 7.08. The molecule has 198 valence electrons. The Hall–Kier alpha value is -3.75. The molecule has 0 radical (unpaired) electrons. The third-order valence-electron chi connectivity index (χ3n) is 7.29. The number of benzene rings is 1. The van der Waals surface area contributed by atoms with Gasteiger partial charge in [0.25, 0.3) is 0 Å². The molecule has 5 rings (SSSR count). The number of aromatic amines is 2. The molecular weight excluding hydrogens is 477 g/mol. The van der Waals surface area contributed by atoms with E-state index in [1.165, 1.54) is 24.5 Å². The van der Waals surface area contributed by atoms with Crippen molar-refractivity contribution in [2.24, 2.45) is 5.92 Å². The lowest BCUT2D eigenvalue weighted by atomic mass is 9.91. The molecule has 4 N–H and O–H groups in total. The number of pyridine rings is 1. The number of rotatable bonds is 8. The van der Waals surface area contributed by atoms with E-state index in [1.54, 1.807) is 18.5 Å². The van der Waals surface area contributed by atoms with E-state index < -0.39 is 0 Å². The lowest BCUT2D eigenvalue weighted by Gasteiger charge is -2.23. The Morgan fingerprint density at radius 2 is 2.00 bits per heavy atom. The van der Waals surface area contributed by atoms with Gasteiger partial charge in [-0.1, -0.05) is 18.2 Å². The van der Waals surface area contributed by atoms with Crippen LogP contribution in [0.2, 0.25) is 0 Å². The van der Waals surface area contributed by atoms with E-state index in [1.807, 2.05) is 26.2 Å². The maximum absolute atomic E-state index is 14.6. The SMILES string of the molecule is C=c1c(-c2cc3c(-c4cc(F)cc(NCCN(C)C)c4)cncc3[nH]2)n[nH]/c1=C/C=C(\C)C1CCNCC1. The Labute approximate surface area is 222 Å². The van der Waals surface area contributed by atoms with Gasteiger partial charge in [0.1, 0.15) is 11.5 Å². The van der Waals surface area contributed by atoms with Gasteiger partial charge < -0.3 is 20.5 Å². The summed E-state index contributed by atoms with van der Waals surface area (Å²) in [5, 5.41) is 17.1. The Bertz CT molecular complexity index is 1560. The number of likely N-dealkylation sites (N-methyl/N-ethyl adjacent to an activating group) is 1. The van der Waals surface area contributed by atoms with Crippen molar-refractivity contribution in [2.75, 3.05) is 45.6 Å². The molecule has 1 aliphatic rings. The second-order valence-corrected chi connectivity index (χ2v) is 10.4. The molecule has 7 nitrogen and oxygen atoms in total. The first-order chi connectivity index (χ1) is 18.4. The lowest BCUT2D eigenvalue weighted by molar-refractivity contribution is 0.420. The minimum atomic E-state index is -0.289. The van der Waals surface area contributed by atoms with Crippen molar-refractivity contribution in [3.63, 3.8) is 0 Å². The van der Waals surface area contributed by atoms with Crippen LogP contribution >= 0.6 is 0 Å². The molecule has 3 aromatic heterocycles. The average molecular weight is 514 g/mol. The maximum Gasteiger partial charge on any atom is 0.125 e.